The smallest absolute Gasteiger partial charge is 0.119 e. The lowest BCUT2D eigenvalue weighted by Crippen LogP contribution is -2.30. The number of ether oxygens (including phenoxy) is 1. The molecule has 4 heteroatoms. The molecule has 1 heterocycles. The van der Waals surface area contributed by atoms with Crippen molar-refractivity contribution in [3.63, 3.8) is 0 Å². The van der Waals surface area contributed by atoms with Crippen molar-refractivity contribution in [3.05, 3.63) is 59.4 Å². The molecule has 1 aromatic carbocycles. The van der Waals surface area contributed by atoms with Crippen LogP contribution in [0.1, 0.15) is 22.7 Å². The average molecular weight is 257 g/mol. The minimum Gasteiger partial charge on any atom is -0.497 e. The predicted octanol–water partition coefficient (Wildman–Crippen LogP) is 2.15. The number of pyridine rings is 1. The van der Waals surface area contributed by atoms with Gasteiger partial charge in [0.2, 0.25) is 0 Å². The van der Waals surface area contributed by atoms with E-state index in [9.17, 15) is 0 Å². The van der Waals surface area contributed by atoms with Crippen molar-refractivity contribution in [2.45, 2.75) is 19.4 Å². The van der Waals surface area contributed by atoms with E-state index in [1.807, 2.05) is 24.3 Å². The van der Waals surface area contributed by atoms with Gasteiger partial charge in [0.15, 0.2) is 0 Å². The summed E-state index contributed by atoms with van der Waals surface area (Å²) in [7, 11) is 1.67. The van der Waals surface area contributed by atoms with E-state index >= 15 is 0 Å². The van der Waals surface area contributed by atoms with Gasteiger partial charge in [-0.25, -0.2) is 0 Å². The molecular formula is C15H19N3O. The average Bonchev–Trinajstić information content (AvgIpc) is 2.46. The lowest BCUT2D eigenvalue weighted by Gasteiger charge is -2.19. The Balaban J connectivity index is 2.22. The standard InChI is InChI=1S/C15H19N3O/c1-11-9-13(19-2)3-4-14(11)15(18-16)10-12-5-7-17-8-6-12/h3-9,15,18H,10,16H2,1-2H3. The lowest BCUT2D eigenvalue weighted by atomic mass is 9.96. The first-order chi connectivity index (χ1) is 9.24. The Morgan fingerprint density at radius 3 is 2.58 bits per heavy atom. The highest BCUT2D eigenvalue weighted by Crippen LogP contribution is 2.24. The molecule has 2 aromatic rings. The van der Waals surface area contributed by atoms with Crippen LogP contribution in [-0.4, -0.2) is 12.1 Å². The van der Waals surface area contributed by atoms with Gasteiger partial charge in [-0.1, -0.05) is 6.07 Å². The number of hydrogen-bond acceptors (Lipinski definition) is 4. The minimum absolute atomic E-state index is 0.0771. The third kappa shape index (κ3) is 3.30. The summed E-state index contributed by atoms with van der Waals surface area (Å²) in [5.74, 6) is 6.56. The van der Waals surface area contributed by atoms with Crippen molar-refractivity contribution >= 4 is 0 Å². The van der Waals surface area contributed by atoms with E-state index in [0.29, 0.717) is 0 Å². The molecule has 0 aliphatic carbocycles. The zero-order valence-corrected chi connectivity index (χ0v) is 11.3. The first-order valence-electron chi connectivity index (χ1n) is 6.24. The van der Waals surface area contributed by atoms with Gasteiger partial charge in [-0.05, 0) is 54.3 Å². The number of benzene rings is 1. The Bertz CT molecular complexity index is 528. The summed E-state index contributed by atoms with van der Waals surface area (Å²) >= 11 is 0. The van der Waals surface area contributed by atoms with Crippen LogP contribution in [0.3, 0.4) is 0 Å². The van der Waals surface area contributed by atoms with Crippen molar-refractivity contribution in [1.82, 2.24) is 10.4 Å². The number of nitrogens with zero attached hydrogens (tertiary/aromatic N) is 1. The quantitative estimate of drug-likeness (QED) is 0.636. The van der Waals surface area contributed by atoms with Gasteiger partial charge in [0, 0.05) is 12.4 Å². The van der Waals surface area contributed by atoms with Crippen molar-refractivity contribution in [2.75, 3.05) is 7.11 Å². The van der Waals surface area contributed by atoms with Crippen molar-refractivity contribution < 1.29 is 4.74 Å². The summed E-state index contributed by atoms with van der Waals surface area (Å²) in [6.45, 7) is 2.06. The molecule has 0 bridgehead atoms. The second-order valence-electron chi connectivity index (χ2n) is 4.50. The summed E-state index contributed by atoms with van der Waals surface area (Å²) in [6, 6.07) is 10.1. The van der Waals surface area contributed by atoms with Gasteiger partial charge in [-0.3, -0.25) is 16.3 Å². The molecule has 0 aliphatic heterocycles. The summed E-state index contributed by atoms with van der Waals surface area (Å²) in [6.07, 6.45) is 4.42. The number of hydrogen-bond donors (Lipinski definition) is 2. The Kier molecular flexibility index (Phi) is 4.49. The molecule has 0 radical (unpaired) electrons. The number of aryl methyl sites for hydroxylation is 1. The molecular weight excluding hydrogens is 238 g/mol. The van der Waals surface area contributed by atoms with Gasteiger partial charge in [0.25, 0.3) is 0 Å². The Hall–Kier alpha value is -1.91. The highest BCUT2D eigenvalue weighted by atomic mass is 16.5. The monoisotopic (exact) mass is 257 g/mol. The molecule has 3 N–H and O–H groups in total. The zero-order valence-electron chi connectivity index (χ0n) is 11.3. The molecule has 2 rings (SSSR count). The summed E-state index contributed by atoms with van der Waals surface area (Å²) in [5, 5.41) is 0. The van der Waals surface area contributed by atoms with E-state index in [0.717, 1.165) is 17.7 Å². The molecule has 4 nitrogen and oxygen atoms in total. The van der Waals surface area contributed by atoms with Crippen LogP contribution in [0.15, 0.2) is 42.7 Å². The topological polar surface area (TPSA) is 60.2 Å². The largest absolute Gasteiger partial charge is 0.497 e. The van der Waals surface area contributed by atoms with Crippen LogP contribution < -0.4 is 16.0 Å². The Labute approximate surface area is 113 Å². The highest BCUT2D eigenvalue weighted by molar-refractivity contribution is 5.37. The van der Waals surface area contributed by atoms with Crippen LogP contribution in [0, 0.1) is 6.92 Å². The van der Waals surface area contributed by atoms with Crippen molar-refractivity contribution in [1.29, 1.82) is 0 Å². The number of nitrogens with two attached hydrogens (primary N) is 1. The van der Waals surface area contributed by atoms with Gasteiger partial charge in [-0.2, -0.15) is 0 Å². The third-order valence-corrected chi connectivity index (χ3v) is 3.24. The second kappa shape index (κ2) is 6.31. The summed E-state index contributed by atoms with van der Waals surface area (Å²) in [5.41, 5.74) is 6.43. The number of rotatable bonds is 5. The van der Waals surface area contributed by atoms with Gasteiger partial charge >= 0.3 is 0 Å². The fraction of sp³-hybridized carbons (Fsp3) is 0.267. The maximum absolute atomic E-state index is 5.70. The highest BCUT2D eigenvalue weighted by Gasteiger charge is 2.13. The van der Waals surface area contributed by atoms with E-state index in [4.69, 9.17) is 10.6 Å². The second-order valence-corrected chi connectivity index (χ2v) is 4.50. The fourth-order valence-corrected chi connectivity index (χ4v) is 2.18. The van der Waals surface area contributed by atoms with Crippen LogP contribution in [0.25, 0.3) is 0 Å². The van der Waals surface area contributed by atoms with Crippen LogP contribution in [0.5, 0.6) is 5.75 Å². The van der Waals surface area contributed by atoms with Crippen LogP contribution in [0.2, 0.25) is 0 Å². The van der Waals surface area contributed by atoms with E-state index in [1.165, 1.54) is 11.1 Å². The normalized spacial score (nSPS) is 12.2. The summed E-state index contributed by atoms with van der Waals surface area (Å²) < 4.78 is 5.22. The molecule has 19 heavy (non-hydrogen) atoms. The van der Waals surface area contributed by atoms with E-state index in [1.54, 1.807) is 19.5 Å². The minimum atomic E-state index is 0.0771. The third-order valence-electron chi connectivity index (χ3n) is 3.24. The number of methoxy groups -OCH3 is 1. The maximum atomic E-state index is 5.70. The van der Waals surface area contributed by atoms with Gasteiger partial charge in [0.05, 0.1) is 13.2 Å². The molecule has 1 atom stereocenters. The molecule has 0 amide bonds. The number of aromatic nitrogens is 1. The first kappa shape index (κ1) is 13.5. The molecule has 0 saturated heterocycles. The first-order valence-corrected chi connectivity index (χ1v) is 6.24. The Morgan fingerprint density at radius 2 is 2.00 bits per heavy atom. The predicted molar refractivity (Wildman–Crippen MR) is 75.7 cm³/mol. The summed E-state index contributed by atoms with van der Waals surface area (Å²) in [4.78, 5) is 4.02. The van der Waals surface area contributed by atoms with Crippen LogP contribution in [-0.2, 0) is 6.42 Å². The molecule has 0 spiro atoms. The number of nitrogens with one attached hydrogen (secondary N) is 1. The fourth-order valence-electron chi connectivity index (χ4n) is 2.18. The molecule has 0 aliphatic rings. The zero-order chi connectivity index (χ0) is 13.7. The van der Waals surface area contributed by atoms with E-state index in [2.05, 4.69) is 23.4 Å². The lowest BCUT2D eigenvalue weighted by molar-refractivity contribution is 0.414. The van der Waals surface area contributed by atoms with E-state index < -0.39 is 0 Å². The maximum Gasteiger partial charge on any atom is 0.119 e. The molecule has 1 unspecified atom stereocenters. The van der Waals surface area contributed by atoms with Gasteiger partial charge < -0.3 is 4.74 Å². The number of hydrazine groups is 1. The Morgan fingerprint density at radius 1 is 1.26 bits per heavy atom. The van der Waals surface area contributed by atoms with E-state index in [-0.39, 0.29) is 6.04 Å². The van der Waals surface area contributed by atoms with Crippen LogP contribution >= 0.6 is 0 Å². The molecule has 100 valence electrons. The SMILES string of the molecule is COc1ccc(C(Cc2ccncc2)NN)c(C)c1. The molecule has 0 fully saturated rings. The van der Waals surface area contributed by atoms with Crippen molar-refractivity contribution in [3.8, 4) is 5.75 Å². The van der Waals surface area contributed by atoms with Gasteiger partial charge in [-0.15, -0.1) is 0 Å². The molecule has 0 saturated carbocycles. The molecule has 1 aromatic heterocycles. The van der Waals surface area contributed by atoms with Crippen LogP contribution in [0.4, 0.5) is 0 Å². The van der Waals surface area contributed by atoms with Crippen molar-refractivity contribution in [2.24, 2.45) is 5.84 Å². The van der Waals surface area contributed by atoms with Gasteiger partial charge in [0.1, 0.15) is 5.75 Å².